The van der Waals surface area contributed by atoms with Crippen LogP contribution < -0.4 is 9.42 Å². The molecule has 0 aliphatic heterocycles. The number of benzene rings is 4. The number of hydrogen-bond donors (Lipinski definition) is 1. The lowest BCUT2D eigenvalue weighted by Crippen LogP contribution is -2.37. The van der Waals surface area contributed by atoms with Crippen LogP contribution in [-0.4, -0.2) is 19.6 Å². The molecule has 186 valence electrons. The zero-order valence-electron chi connectivity index (χ0n) is 21.2. The molecule has 0 radical (unpaired) electrons. The van der Waals surface area contributed by atoms with Crippen molar-refractivity contribution >= 4 is 0 Å². The van der Waals surface area contributed by atoms with Crippen LogP contribution in [-0.2, 0) is 13.3 Å². The van der Waals surface area contributed by atoms with E-state index in [1.165, 1.54) is 0 Å². The van der Waals surface area contributed by atoms with Crippen molar-refractivity contribution in [1.82, 2.24) is 19.6 Å². The molecule has 6 heteroatoms. The molecule has 0 amide bonds. The van der Waals surface area contributed by atoms with E-state index in [9.17, 15) is 0 Å². The van der Waals surface area contributed by atoms with E-state index in [-0.39, 0.29) is 0 Å². The average Bonchev–Trinajstić information content (AvgIpc) is 3.65. The maximum absolute atomic E-state index is 6.01. The first-order valence-corrected chi connectivity index (χ1v) is 12.7. The van der Waals surface area contributed by atoms with Gasteiger partial charge in [0.05, 0.1) is 11.4 Å². The number of nitrogens with zero attached hydrogens (tertiary/aromatic N) is 4. The van der Waals surface area contributed by atoms with Gasteiger partial charge in [0.25, 0.3) is 6.73 Å². The predicted molar refractivity (Wildman–Crippen MR) is 149 cm³/mol. The third kappa shape index (κ3) is 4.60. The van der Waals surface area contributed by atoms with Gasteiger partial charge in [-0.2, -0.15) is 5.10 Å². The van der Waals surface area contributed by atoms with Crippen molar-refractivity contribution < 1.29 is 9.42 Å². The number of hydrogen-bond acceptors (Lipinski definition) is 3. The van der Waals surface area contributed by atoms with Crippen LogP contribution in [0.5, 0.6) is 5.75 Å². The molecule has 0 fully saturated rings. The smallest absolute Gasteiger partial charge is 0.309 e. The highest BCUT2D eigenvalue weighted by molar-refractivity contribution is 5.87. The van der Waals surface area contributed by atoms with Crippen LogP contribution in [0.2, 0.25) is 0 Å². The topological polar surface area (TPSA) is 59.6 Å². The van der Waals surface area contributed by atoms with Gasteiger partial charge in [0, 0.05) is 23.2 Å². The fourth-order valence-corrected chi connectivity index (χ4v) is 4.80. The van der Waals surface area contributed by atoms with Crippen LogP contribution >= 0.6 is 0 Å². The van der Waals surface area contributed by atoms with Crippen LogP contribution in [0.3, 0.4) is 0 Å². The molecule has 2 heterocycles. The minimum atomic E-state index is 0.353. The second-order valence-corrected chi connectivity index (χ2v) is 8.95. The first kappa shape index (κ1) is 23.4. The van der Waals surface area contributed by atoms with Gasteiger partial charge in [0.1, 0.15) is 11.6 Å². The molecule has 0 aliphatic carbocycles. The Balaban J connectivity index is 1.48. The summed E-state index contributed by atoms with van der Waals surface area (Å²) in [5.74, 6) is 1.73. The number of nitrogens with one attached hydrogen (secondary N) is 1. The van der Waals surface area contributed by atoms with Crippen LogP contribution in [0, 0.1) is 0 Å². The normalized spacial score (nSPS) is 11.0. The summed E-state index contributed by atoms with van der Waals surface area (Å²) in [4.78, 5) is 9.33. The summed E-state index contributed by atoms with van der Waals surface area (Å²) in [5, 5.41) is 3.00. The number of imidazole rings is 1. The summed E-state index contributed by atoms with van der Waals surface area (Å²) in [6.45, 7) is 3.32. The van der Waals surface area contributed by atoms with Gasteiger partial charge in [-0.25, -0.2) is 4.98 Å². The first-order valence-electron chi connectivity index (χ1n) is 12.7. The molecule has 2 aromatic heterocycles. The molecular weight excluding hydrogens is 470 g/mol. The summed E-state index contributed by atoms with van der Waals surface area (Å²) >= 11 is 0. The van der Waals surface area contributed by atoms with E-state index in [0.717, 1.165) is 57.3 Å². The summed E-state index contributed by atoms with van der Waals surface area (Å²) in [6, 6.07) is 37.6. The lowest BCUT2D eigenvalue weighted by atomic mass is 9.99. The van der Waals surface area contributed by atoms with Crippen molar-refractivity contribution in [3.8, 4) is 50.8 Å². The molecule has 0 saturated carbocycles. The fraction of sp³-hybridized carbons (Fsp3) is 0.0938. The third-order valence-electron chi connectivity index (χ3n) is 6.57. The van der Waals surface area contributed by atoms with Crippen molar-refractivity contribution in [3.63, 3.8) is 0 Å². The second kappa shape index (κ2) is 10.6. The first-order chi connectivity index (χ1) is 18.8. The quantitative estimate of drug-likeness (QED) is 0.240. The molecule has 6 rings (SSSR count). The van der Waals surface area contributed by atoms with E-state index in [0.29, 0.717) is 6.73 Å². The maximum Gasteiger partial charge on any atom is 0.309 e. The van der Waals surface area contributed by atoms with Gasteiger partial charge in [-0.1, -0.05) is 97.1 Å². The van der Waals surface area contributed by atoms with Crippen molar-refractivity contribution in [1.29, 1.82) is 0 Å². The van der Waals surface area contributed by atoms with Crippen LogP contribution in [0.4, 0.5) is 0 Å². The highest BCUT2D eigenvalue weighted by atomic mass is 16.5. The molecule has 1 N–H and O–H groups in total. The fourth-order valence-electron chi connectivity index (χ4n) is 4.80. The third-order valence-corrected chi connectivity index (χ3v) is 6.57. The summed E-state index contributed by atoms with van der Waals surface area (Å²) in [7, 11) is 0. The second-order valence-electron chi connectivity index (χ2n) is 8.95. The molecule has 38 heavy (non-hydrogen) atoms. The standard InChI is InChI=1S/C32H27N5O/c1-2-37-31(25-14-7-4-8-15-25)30(24-12-5-3-6-13-24)35-32(37)29-19-10-9-18-28(29)26-16-11-17-27(20-26)38-23-36-22-33-21-34-36/h3-22H,2,23H2,1H3/p+1. The molecule has 6 aromatic rings. The Morgan fingerprint density at radius 1 is 0.763 bits per heavy atom. The van der Waals surface area contributed by atoms with Crippen LogP contribution in [0.25, 0.3) is 45.0 Å². The minimum absolute atomic E-state index is 0.353. The lowest BCUT2D eigenvalue weighted by molar-refractivity contribution is -0.775. The Labute approximate surface area is 221 Å². The molecule has 6 nitrogen and oxygen atoms in total. The summed E-state index contributed by atoms with van der Waals surface area (Å²) in [6.07, 6.45) is 3.32. The maximum atomic E-state index is 6.01. The Bertz CT molecular complexity index is 1640. The highest BCUT2D eigenvalue weighted by Gasteiger charge is 2.22. The summed E-state index contributed by atoms with van der Waals surface area (Å²) < 4.78 is 10.1. The van der Waals surface area contributed by atoms with E-state index in [1.54, 1.807) is 17.3 Å². The van der Waals surface area contributed by atoms with E-state index in [2.05, 4.69) is 113 Å². The number of aromatic amines is 1. The lowest BCUT2D eigenvalue weighted by Gasteiger charge is -2.14. The minimum Gasteiger partial charge on any atom is -0.452 e. The predicted octanol–water partition coefficient (Wildman–Crippen LogP) is 6.62. The van der Waals surface area contributed by atoms with Gasteiger partial charge in [0.2, 0.25) is 6.33 Å². The number of H-pyrrole nitrogens is 1. The number of ether oxygens (including phenoxy) is 1. The van der Waals surface area contributed by atoms with Gasteiger partial charge >= 0.3 is 6.33 Å². The zero-order valence-corrected chi connectivity index (χ0v) is 21.2. The highest BCUT2D eigenvalue weighted by Crippen LogP contribution is 2.39. The number of aromatic nitrogens is 5. The Morgan fingerprint density at radius 2 is 1.45 bits per heavy atom. The molecule has 0 unspecified atom stereocenters. The molecule has 0 bridgehead atoms. The summed E-state index contributed by atoms with van der Waals surface area (Å²) in [5.41, 5.74) is 7.61. The molecule has 0 atom stereocenters. The monoisotopic (exact) mass is 498 g/mol. The van der Waals surface area contributed by atoms with Crippen molar-refractivity contribution in [2.75, 3.05) is 0 Å². The van der Waals surface area contributed by atoms with E-state index in [1.807, 2.05) is 18.2 Å². The van der Waals surface area contributed by atoms with Gasteiger partial charge < -0.3 is 9.30 Å². The molecule has 0 aliphatic rings. The molecule has 0 saturated heterocycles. The Morgan fingerprint density at radius 3 is 2.16 bits per heavy atom. The Hall–Kier alpha value is -4.97. The SMILES string of the molecule is CCn1c(-c2ccccc2-c2cccc(OC[n+]3cnc[nH]3)c2)nc(-c2ccccc2)c1-c1ccccc1. The molecular formula is C32H28N5O+. The van der Waals surface area contributed by atoms with Crippen molar-refractivity contribution in [2.24, 2.45) is 0 Å². The molecule has 0 spiro atoms. The van der Waals surface area contributed by atoms with Gasteiger partial charge in [0.15, 0.2) is 0 Å². The number of rotatable bonds is 8. The average molecular weight is 499 g/mol. The van der Waals surface area contributed by atoms with Crippen molar-refractivity contribution in [3.05, 3.63) is 122 Å². The van der Waals surface area contributed by atoms with E-state index in [4.69, 9.17) is 9.72 Å². The largest absolute Gasteiger partial charge is 0.452 e. The van der Waals surface area contributed by atoms with Crippen LogP contribution in [0.15, 0.2) is 122 Å². The van der Waals surface area contributed by atoms with Gasteiger partial charge in [-0.15, -0.1) is 4.68 Å². The molecule has 4 aromatic carbocycles. The Kier molecular flexibility index (Phi) is 6.51. The zero-order chi connectivity index (χ0) is 25.7. The van der Waals surface area contributed by atoms with E-state index < -0.39 is 0 Å². The van der Waals surface area contributed by atoms with Gasteiger partial charge in [-0.05, 0) is 35.2 Å². The van der Waals surface area contributed by atoms with Crippen molar-refractivity contribution in [2.45, 2.75) is 20.2 Å². The van der Waals surface area contributed by atoms with E-state index >= 15 is 0 Å². The van der Waals surface area contributed by atoms with Crippen LogP contribution in [0.1, 0.15) is 6.92 Å². The van der Waals surface area contributed by atoms with Gasteiger partial charge in [-0.3, -0.25) is 0 Å².